The van der Waals surface area contributed by atoms with Crippen LogP contribution in [0.2, 0.25) is 5.02 Å². The Morgan fingerprint density at radius 3 is 2.88 bits per heavy atom. The summed E-state index contributed by atoms with van der Waals surface area (Å²) in [6.07, 6.45) is 3.33. The minimum Gasteiger partial charge on any atom is -0.323 e. The van der Waals surface area contributed by atoms with E-state index in [0.717, 1.165) is 27.7 Å². The SMILES string of the molecule is CCc1nn(C)c(CC(N)c2cncs2)c1Cl. The van der Waals surface area contributed by atoms with Gasteiger partial charge in [0.1, 0.15) is 0 Å². The first-order valence-electron chi connectivity index (χ1n) is 5.47. The van der Waals surface area contributed by atoms with Crippen molar-refractivity contribution < 1.29 is 0 Å². The first kappa shape index (κ1) is 12.5. The molecule has 0 aromatic carbocycles. The molecule has 92 valence electrons. The maximum atomic E-state index is 6.28. The maximum Gasteiger partial charge on any atom is 0.0850 e. The van der Waals surface area contributed by atoms with Crippen LogP contribution in [0.25, 0.3) is 0 Å². The van der Waals surface area contributed by atoms with Gasteiger partial charge in [0.15, 0.2) is 0 Å². The molecule has 2 aromatic heterocycles. The largest absolute Gasteiger partial charge is 0.323 e. The Labute approximate surface area is 109 Å². The summed E-state index contributed by atoms with van der Waals surface area (Å²) in [4.78, 5) is 5.10. The number of hydrogen-bond acceptors (Lipinski definition) is 4. The van der Waals surface area contributed by atoms with Crippen molar-refractivity contribution in [2.75, 3.05) is 0 Å². The van der Waals surface area contributed by atoms with Crippen LogP contribution >= 0.6 is 22.9 Å². The zero-order valence-electron chi connectivity index (χ0n) is 9.85. The molecule has 2 N–H and O–H groups in total. The normalized spacial score (nSPS) is 12.9. The first-order chi connectivity index (χ1) is 8.13. The van der Waals surface area contributed by atoms with Crippen molar-refractivity contribution in [3.63, 3.8) is 0 Å². The summed E-state index contributed by atoms with van der Waals surface area (Å²) >= 11 is 7.85. The molecule has 0 amide bonds. The summed E-state index contributed by atoms with van der Waals surface area (Å²) in [5, 5.41) is 5.13. The number of nitrogens with zero attached hydrogens (tertiary/aromatic N) is 3. The third-order valence-electron chi connectivity index (χ3n) is 2.73. The number of aryl methyl sites for hydroxylation is 2. The lowest BCUT2D eigenvalue weighted by molar-refractivity contribution is 0.643. The van der Waals surface area contributed by atoms with Crippen LogP contribution in [0, 0.1) is 0 Å². The summed E-state index contributed by atoms with van der Waals surface area (Å²) in [5.74, 6) is 0. The van der Waals surface area contributed by atoms with Gasteiger partial charge in [-0.1, -0.05) is 18.5 Å². The number of aromatic nitrogens is 3. The highest BCUT2D eigenvalue weighted by atomic mass is 35.5. The monoisotopic (exact) mass is 270 g/mol. The van der Waals surface area contributed by atoms with E-state index in [1.54, 1.807) is 23.0 Å². The Morgan fingerprint density at radius 1 is 1.59 bits per heavy atom. The number of rotatable bonds is 4. The van der Waals surface area contributed by atoms with Crippen molar-refractivity contribution >= 4 is 22.9 Å². The lowest BCUT2D eigenvalue weighted by Crippen LogP contribution is -2.14. The molecule has 0 spiro atoms. The fourth-order valence-electron chi connectivity index (χ4n) is 1.76. The van der Waals surface area contributed by atoms with Gasteiger partial charge < -0.3 is 5.73 Å². The molecular formula is C11H15ClN4S. The Hall–Kier alpha value is -0.910. The van der Waals surface area contributed by atoms with Crippen molar-refractivity contribution in [1.29, 1.82) is 0 Å². The summed E-state index contributed by atoms with van der Waals surface area (Å²) in [6.45, 7) is 2.04. The third-order valence-corrected chi connectivity index (χ3v) is 4.08. The highest BCUT2D eigenvalue weighted by molar-refractivity contribution is 7.09. The predicted molar refractivity (Wildman–Crippen MR) is 70.3 cm³/mol. The standard InChI is InChI=1S/C11H15ClN4S/c1-3-8-11(12)9(16(2)15-8)4-7(13)10-5-14-6-17-10/h5-7H,3-4,13H2,1-2H3. The molecule has 2 heterocycles. The fourth-order valence-corrected chi connectivity index (χ4v) is 2.75. The third kappa shape index (κ3) is 2.51. The molecule has 0 radical (unpaired) electrons. The maximum absolute atomic E-state index is 6.28. The number of halogens is 1. The van der Waals surface area contributed by atoms with Crippen LogP contribution in [0.3, 0.4) is 0 Å². The Morgan fingerprint density at radius 2 is 2.35 bits per heavy atom. The molecular weight excluding hydrogens is 256 g/mol. The van der Waals surface area contributed by atoms with Gasteiger partial charge in [0.05, 0.1) is 21.9 Å². The summed E-state index contributed by atoms with van der Waals surface area (Å²) < 4.78 is 1.82. The molecule has 0 fully saturated rings. The number of nitrogens with two attached hydrogens (primary N) is 1. The van der Waals surface area contributed by atoms with Crippen LogP contribution in [-0.4, -0.2) is 14.8 Å². The van der Waals surface area contributed by atoms with Crippen LogP contribution in [0.15, 0.2) is 11.7 Å². The van der Waals surface area contributed by atoms with Crippen LogP contribution in [-0.2, 0) is 19.9 Å². The quantitative estimate of drug-likeness (QED) is 0.928. The lowest BCUT2D eigenvalue weighted by Gasteiger charge is -2.09. The van der Waals surface area contributed by atoms with E-state index >= 15 is 0 Å². The molecule has 2 rings (SSSR count). The zero-order chi connectivity index (χ0) is 12.4. The lowest BCUT2D eigenvalue weighted by atomic mass is 10.1. The fraction of sp³-hybridized carbons (Fsp3) is 0.455. The van der Waals surface area contributed by atoms with Crippen molar-refractivity contribution in [3.05, 3.63) is 33.0 Å². The topological polar surface area (TPSA) is 56.7 Å². The van der Waals surface area contributed by atoms with Gasteiger partial charge in [-0.2, -0.15) is 5.10 Å². The average Bonchev–Trinajstić information content (AvgIpc) is 2.92. The Bertz CT molecular complexity index is 492. The molecule has 0 aliphatic rings. The molecule has 0 saturated heterocycles. The van der Waals surface area contributed by atoms with Gasteiger partial charge in [0.25, 0.3) is 0 Å². The highest BCUT2D eigenvalue weighted by Gasteiger charge is 2.17. The second kappa shape index (κ2) is 5.16. The Balaban J connectivity index is 2.21. The molecule has 2 aromatic rings. The van der Waals surface area contributed by atoms with E-state index in [1.165, 1.54) is 0 Å². The van der Waals surface area contributed by atoms with Crippen molar-refractivity contribution in [1.82, 2.24) is 14.8 Å². The molecule has 0 bridgehead atoms. The average molecular weight is 271 g/mol. The van der Waals surface area contributed by atoms with Gasteiger partial charge in [-0.05, 0) is 6.42 Å². The van der Waals surface area contributed by atoms with Crippen LogP contribution in [0.5, 0.6) is 0 Å². The van der Waals surface area contributed by atoms with Gasteiger partial charge in [0.2, 0.25) is 0 Å². The van der Waals surface area contributed by atoms with Crippen LogP contribution in [0.1, 0.15) is 29.2 Å². The number of hydrogen-bond donors (Lipinski definition) is 1. The van der Waals surface area contributed by atoms with E-state index in [2.05, 4.69) is 10.1 Å². The van der Waals surface area contributed by atoms with E-state index in [1.807, 2.05) is 18.7 Å². The molecule has 1 unspecified atom stereocenters. The minimum atomic E-state index is -0.0693. The van der Waals surface area contributed by atoms with Gasteiger partial charge in [-0.25, -0.2) is 0 Å². The molecule has 4 nitrogen and oxygen atoms in total. The predicted octanol–water partition coefficient (Wildman–Crippen LogP) is 2.33. The van der Waals surface area contributed by atoms with Crippen molar-refractivity contribution in [2.24, 2.45) is 12.8 Å². The van der Waals surface area contributed by atoms with E-state index in [4.69, 9.17) is 17.3 Å². The van der Waals surface area contributed by atoms with E-state index in [9.17, 15) is 0 Å². The molecule has 6 heteroatoms. The van der Waals surface area contributed by atoms with Gasteiger partial charge in [-0.15, -0.1) is 11.3 Å². The zero-order valence-corrected chi connectivity index (χ0v) is 11.4. The second-order valence-corrected chi connectivity index (χ2v) is 5.19. The van der Waals surface area contributed by atoms with E-state index < -0.39 is 0 Å². The summed E-state index contributed by atoms with van der Waals surface area (Å²) in [6, 6.07) is -0.0693. The van der Waals surface area contributed by atoms with E-state index in [-0.39, 0.29) is 6.04 Å². The minimum absolute atomic E-state index is 0.0693. The molecule has 0 aliphatic carbocycles. The van der Waals surface area contributed by atoms with Crippen LogP contribution in [0.4, 0.5) is 0 Å². The molecule has 1 atom stereocenters. The van der Waals surface area contributed by atoms with Gasteiger partial charge in [0, 0.05) is 30.6 Å². The first-order valence-corrected chi connectivity index (χ1v) is 6.73. The van der Waals surface area contributed by atoms with E-state index in [0.29, 0.717) is 6.42 Å². The van der Waals surface area contributed by atoms with Gasteiger partial charge in [-0.3, -0.25) is 9.67 Å². The van der Waals surface area contributed by atoms with Crippen LogP contribution < -0.4 is 5.73 Å². The summed E-state index contributed by atoms with van der Waals surface area (Å²) in [5.41, 5.74) is 9.84. The molecule has 0 aliphatic heterocycles. The molecule has 17 heavy (non-hydrogen) atoms. The smallest absolute Gasteiger partial charge is 0.0850 e. The number of thiazole rings is 1. The van der Waals surface area contributed by atoms with Crippen molar-refractivity contribution in [2.45, 2.75) is 25.8 Å². The highest BCUT2D eigenvalue weighted by Crippen LogP contribution is 2.26. The molecule has 0 saturated carbocycles. The van der Waals surface area contributed by atoms with Gasteiger partial charge >= 0.3 is 0 Å². The van der Waals surface area contributed by atoms with Crippen molar-refractivity contribution in [3.8, 4) is 0 Å². The summed E-state index contributed by atoms with van der Waals surface area (Å²) in [7, 11) is 1.90. The Kier molecular flexibility index (Phi) is 3.81. The second-order valence-electron chi connectivity index (χ2n) is 3.90.